The average Bonchev–Trinajstić information content (AvgIpc) is 2.38. The zero-order valence-corrected chi connectivity index (χ0v) is 12.6. The Kier molecular flexibility index (Phi) is 4.11. The van der Waals surface area contributed by atoms with Crippen molar-refractivity contribution in [3.8, 4) is 0 Å². The van der Waals surface area contributed by atoms with E-state index in [9.17, 15) is 0 Å². The molecule has 2 rings (SSSR count). The van der Waals surface area contributed by atoms with Gasteiger partial charge in [-0.2, -0.15) is 0 Å². The van der Waals surface area contributed by atoms with Crippen LogP contribution in [0.25, 0.3) is 0 Å². The van der Waals surface area contributed by atoms with Crippen molar-refractivity contribution in [2.24, 2.45) is 11.1 Å². The maximum Gasteiger partial charge on any atom is 0.106 e. The zero-order valence-electron chi connectivity index (χ0n) is 11.8. The van der Waals surface area contributed by atoms with Gasteiger partial charge in [-0.05, 0) is 25.5 Å². The van der Waals surface area contributed by atoms with Crippen molar-refractivity contribution in [2.45, 2.75) is 39.3 Å². The number of hydrogen-bond acceptors (Lipinski definition) is 3. The van der Waals surface area contributed by atoms with E-state index in [-0.39, 0.29) is 5.41 Å². The highest BCUT2D eigenvalue weighted by molar-refractivity contribution is 7.80. The molecule has 1 aliphatic carbocycles. The van der Waals surface area contributed by atoms with Crippen molar-refractivity contribution in [2.75, 3.05) is 11.9 Å². The van der Waals surface area contributed by atoms with E-state index in [2.05, 4.69) is 19.2 Å². The number of hydrogen-bond donors (Lipinski definition) is 2. The maximum atomic E-state index is 5.76. The number of para-hydroxylation sites is 1. The van der Waals surface area contributed by atoms with Gasteiger partial charge in [0.25, 0.3) is 0 Å². The van der Waals surface area contributed by atoms with Gasteiger partial charge >= 0.3 is 0 Å². The van der Waals surface area contributed by atoms with Gasteiger partial charge in [-0.1, -0.05) is 38.2 Å². The molecule has 1 aliphatic rings. The van der Waals surface area contributed by atoms with Gasteiger partial charge in [-0.3, -0.25) is 0 Å². The first kappa shape index (κ1) is 14.3. The molecule has 2 unspecified atom stereocenters. The molecule has 1 aromatic rings. The van der Waals surface area contributed by atoms with Crippen LogP contribution < -0.4 is 11.1 Å². The molecule has 0 amide bonds. The SMILES string of the molecule is CCOC1CC(Nc2ccccc2C(N)=S)C1(C)C. The molecule has 1 fully saturated rings. The van der Waals surface area contributed by atoms with E-state index in [4.69, 9.17) is 22.7 Å². The second kappa shape index (κ2) is 5.47. The van der Waals surface area contributed by atoms with Crippen LogP contribution in [0.1, 0.15) is 32.8 Å². The first-order valence-corrected chi connectivity index (χ1v) is 7.14. The Morgan fingerprint density at radius 1 is 1.47 bits per heavy atom. The first-order valence-electron chi connectivity index (χ1n) is 6.73. The second-order valence-electron chi connectivity index (χ2n) is 5.61. The van der Waals surface area contributed by atoms with Gasteiger partial charge in [0.1, 0.15) is 4.99 Å². The summed E-state index contributed by atoms with van der Waals surface area (Å²) in [5.41, 5.74) is 7.81. The van der Waals surface area contributed by atoms with E-state index in [0.29, 0.717) is 17.1 Å². The fourth-order valence-electron chi connectivity index (χ4n) is 2.63. The summed E-state index contributed by atoms with van der Waals surface area (Å²) in [5.74, 6) is 0. The summed E-state index contributed by atoms with van der Waals surface area (Å²) in [6.07, 6.45) is 1.35. The van der Waals surface area contributed by atoms with Crippen LogP contribution >= 0.6 is 12.2 Å². The molecule has 0 heterocycles. The third kappa shape index (κ3) is 2.74. The van der Waals surface area contributed by atoms with Crippen LogP contribution in [-0.4, -0.2) is 23.7 Å². The molecule has 1 aromatic carbocycles. The fourth-order valence-corrected chi connectivity index (χ4v) is 2.80. The van der Waals surface area contributed by atoms with Crippen LogP contribution in [0.15, 0.2) is 24.3 Å². The number of nitrogens with two attached hydrogens (primary N) is 1. The third-order valence-corrected chi connectivity index (χ3v) is 4.29. The van der Waals surface area contributed by atoms with Crippen molar-refractivity contribution in [3.63, 3.8) is 0 Å². The summed E-state index contributed by atoms with van der Waals surface area (Å²) in [7, 11) is 0. The Hall–Kier alpha value is -1.13. The fraction of sp³-hybridized carbons (Fsp3) is 0.533. The molecule has 0 spiro atoms. The van der Waals surface area contributed by atoms with Gasteiger partial charge < -0.3 is 15.8 Å². The molecule has 1 saturated carbocycles. The van der Waals surface area contributed by atoms with Gasteiger partial charge in [-0.15, -0.1) is 0 Å². The Morgan fingerprint density at radius 3 is 2.74 bits per heavy atom. The smallest absolute Gasteiger partial charge is 0.106 e. The highest BCUT2D eigenvalue weighted by Gasteiger charge is 2.48. The van der Waals surface area contributed by atoms with Crippen LogP contribution in [0, 0.1) is 5.41 Å². The number of nitrogens with one attached hydrogen (secondary N) is 1. The highest BCUT2D eigenvalue weighted by atomic mass is 32.1. The number of thiocarbonyl (C=S) groups is 1. The molecule has 0 saturated heterocycles. The molecular weight excluding hydrogens is 256 g/mol. The largest absolute Gasteiger partial charge is 0.389 e. The van der Waals surface area contributed by atoms with Gasteiger partial charge in [0.15, 0.2) is 0 Å². The van der Waals surface area contributed by atoms with Gasteiger partial charge in [0, 0.05) is 29.3 Å². The Morgan fingerprint density at radius 2 is 2.16 bits per heavy atom. The molecule has 0 bridgehead atoms. The Labute approximate surface area is 120 Å². The van der Waals surface area contributed by atoms with E-state index in [1.165, 1.54) is 0 Å². The number of rotatable bonds is 5. The van der Waals surface area contributed by atoms with Crippen LogP contribution in [0.2, 0.25) is 0 Å². The standard InChI is InChI=1S/C15H22N2OS/c1-4-18-13-9-12(15(13,2)3)17-11-8-6-5-7-10(11)14(16)19/h5-8,12-13,17H,4,9H2,1-3H3,(H2,16,19). The predicted octanol–water partition coefficient (Wildman–Crippen LogP) is 2.94. The minimum Gasteiger partial charge on any atom is -0.389 e. The summed E-state index contributed by atoms with van der Waals surface area (Å²) >= 11 is 5.09. The predicted molar refractivity (Wildman–Crippen MR) is 83.6 cm³/mol. The maximum absolute atomic E-state index is 5.76. The minimum atomic E-state index is 0.124. The molecule has 0 aliphatic heterocycles. The van der Waals surface area contributed by atoms with Gasteiger partial charge in [-0.25, -0.2) is 0 Å². The molecule has 4 heteroatoms. The Balaban J connectivity index is 2.10. The summed E-state index contributed by atoms with van der Waals surface area (Å²) in [6, 6.07) is 8.32. The van der Waals surface area contributed by atoms with E-state index in [0.717, 1.165) is 24.3 Å². The molecule has 19 heavy (non-hydrogen) atoms. The molecule has 2 atom stereocenters. The summed E-state index contributed by atoms with van der Waals surface area (Å²) in [4.78, 5) is 0.432. The van der Waals surface area contributed by atoms with E-state index < -0.39 is 0 Å². The van der Waals surface area contributed by atoms with Crippen LogP contribution in [0.3, 0.4) is 0 Å². The normalized spacial score (nSPS) is 24.6. The third-order valence-electron chi connectivity index (χ3n) is 4.07. The highest BCUT2D eigenvalue weighted by Crippen LogP contribution is 2.44. The molecule has 104 valence electrons. The zero-order chi connectivity index (χ0) is 14.0. The van der Waals surface area contributed by atoms with E-state index in [1.54, 1.807) is 0 Å². The quantitative estimate of drug-likeness (QED) is 0.813. The van der Waals surface area contributed by atoms with Crippen molar-refractivity contribution < 1.29 is 4.74 Å². The van der Waals surface area contributed by atoms with E-state index >= 15 is 0 Å². The van der Waals surface area contributed by atoms with Gasteiger partial charge in [0.05, 0.1) is 6.10 Å². The van der Waals surface area contributed by atoms with Crippen LogP contribution in [-0.2, 0) is 4.74 Å². The van der Waals surface area contributed by atoms with E-state index in [1.807, 2.05) is 31.2 Å². The summed E-state index contributed by atoms with van der Waals surface area (Å²) < 4.78 is 5.75. The van der Waals surface area contributed by atoms with Crippen LogP contribution in [0.4, 0.5) is 5.69 Å². The lowest BCUT2D eigenvalue weighted by Gasteiger charge is -2.52. The van der Waals surface area contributed by atoms with Crippen molar-refractivity contribution >= 4 is 22.9 Å². The lowest BCUT2D eigenvalue weighted by atomic mass is 9.64. The monoisotopic (exact) mass is 278 g/mol. The molecular formula is C15H22N2OS. The molecule has 3 nitrogen and oxygen atoms in total. The van der Waals surface area contributed by atoms with Crippen molar-refractivity contribution in [3.05, 3.63) is 29.8 Å². The number of anilines is 1. The summed E-state index contributed by atoms with van der Waals surface area (Å²) in [5, 5.41) is 3.56. The lowest BCUT2D eigenvalue weighted by molar-refractivity contribution is -0.0975. The molecule has 0 radical (unpaired) electrons. The second-order valence-corrected chi connectivity index (χ2v) is 6.05. The minimum absolute atomic E-state index is 0.124. The molecule has 0 aromatic heterocycles. The average molecular weight is 278 g/mol. The lowest BCUT2D eigenvalue weighted by Crippen LogP contribution is -2.58. The Bertz CT molecular complexity index is 473. The van der Waals surface area contributed by atoms with Crippen LogP contribution in [0.5, 0.6) is 0 Å². The van der Waals surface area contributed by atoms with Crippen molar-refractivity contribution in [1.82, 2.24) is 0 Å². The number of ether oxygens (including phenoxy) is 1. The van der Waals surface area contributed by atoms with Gasteiger partial charge in [0.2, 0.25) is 0 Å². The topological polar surface area (TPSA) is 47.3 Å². The first-order chi connectivity index (χ1) is 8.96. The molecule has 3 N–H and O–H groups in total. The number of benzene rings is 1. The summed E-state index contributed by atoms with van der Waals surface area (Å²) in [6.45, 7) is 7.28. The van der Waals surface area contributed by atoms with Crippen molar-refractivity contribution in [1.29, 1.82) is 0 Å².